The molecule has 8 nitrogen and oxygen atoms in total. The van der Waals surface area contributed by atoms with E-state index in [4.69, 9.17) is 0 Å². The van der Waals surface area contributed by atoms with Gasteiger partial charge in [-0.25, -0.2) is 13.4 Å². The molecule has 160 valence electrons. The first kappa shape index (κ1) is 21.0. The smallest absolute Gasteiger partial charge is 0.243 e. The van der Waals surface area contributed by atoms with E-state index in [0.717, 1.165) is 11.3 Å². The number of nitrogens with zero attached hydrogens (tertiary/aromatic N) is 3. The maximum Gasteiger partial charge on any atom is 0.243 e. The van der Waals surface area contributed by atoms with Gasteiger partial charge >= 0.3 is 0 Å². The number of aromatic nitrogens is 2. The maximum atomic E-state index is 12.7. The normalized spacial score (nSPS) is 15.2. The third-order valence-corrected chi connectivity index (χ3v) is 6.74. The number of benzene rings is 2. The second kappa shape index (κ2) is 9.25. The Morgan fingerprint density at radius 2 is 1.77 bits per heavy atom. The Kier molecular flexibility index (Phi) is 6.26. The van der Waals surface area contributed by atoms with Crippen LogP contribution in [0.4, 0.5) is 11.5 Å². The van der Waals surface area contributed by atoms with Crippen LogP contribution in [0.15, 0.2) is 65.8 Å². The Labute approximate surface area is 181 Å². The first-order valence-corrected chi connectivity index (χ1v) is 11.3. The van der Waals surface area contributed by atoms with Gasteiger partial charge in [0, 0.05) is 31.9 Å². The predicted molar refractivity (Wildman–Crippen MR) is 120 cm³/mol. The fraction of sp³-hybridized carbons (Fsp3) is 0.182. The van der Waals surface area contributed by atoms with E-state index in [0.29, 0.717) is 37.7 Å². The zero-order chi connectivity index (χ0) is 21.7. The fourth-order valence-corrected chi connectivity index (χ4v) is 4.63. The molecule has 3 aromatic rings. The Hall–Kier alpha value is -3.27. The fourth-order valence-electron chi connectivity index (χ4n) is 3.19. The topological polar surface area (TPSA) is 107 Å². The van der Waals surface area contributed by atoms with Gasteiger partial charge in [0.05, 0.1) is 23.0 Å². The second-order valence-corrected chi connectivity index (χ2v) is 9.00. The number of rotatable bonds is 6. The van der Waals surface area contributed by atoms with E-state index in [1.807, 2.05) is 12.1 Å². The van der Waals surface area contributed by atoms with Crippen molar-refractivity contribution in [3.8, 4) is 5.75 Å². The van der Waals surface area contributed by atoms with E-state index in [2.05, 4.69) is 20.6 Å². The average molecular weight is 438 g/mol. The number of hydrogen-bond donors (Lipinski definition) is 3. The van der Waals surface area contributed by atoms with Crippen LogP contribution in [0.1, 0.15) is 11.3 Å². The van der Waals surface area contributed by atoms with Crippen LogP contribution in [0.25, 0.3) is 12.2 Å². The van der Waals surface area contributed by atoms with E-state index in [9.17, 15) is 13.5 Å². The van der Waals surface area contributed by atoms with Gasteiger partial charge in [-0.3, -0.25) is 4.98 Å². The van der Waals surface area contributed by atoms with Crippen molar-refractivity contribution in [3.63, 3.8) is 0 Å². The van der Waals surface area contributed by atoms with Crippen LogP contribution in [0.5, 0.6) is 5.75 Å². The molecule has 31 heavy (non-hydrogen) atoms. The van der Waals surface area contributed by atoms with Crippen LogP contribution >= 0.6 is 0 Å². The monoisotopic (exact) mass is 437 g/mol. The van der Waals surface area contributed by atoms with Crippen LogP contribution in [0, 0.1) is 0 Å². The molecule has 0 radical (unpaired) electrons. The number of anilines is 2. The van der Waals surface area contributed by atoms with Gasteiger partial charge in [0.15, 0.2) is 0 Å². The lowest BCUT2D eigenvalue weighted by molar-refractivity contribution is 0.360. The molecule has 0 amide bonds. The summed E-state index contributed by atoms with van der Waals surface area (Å²) in [4.78, 5) is 8.96. The lowest BCUT2D eigenvalue weighted by atomic mass is 10.2. The SMILES string of the molecule is O=S(=O)(c1ccc(Nc2cnc(C=Cc3cccc(O)c3)cn2)cc1)N1CCNCC1. The van der Waals surface area contributed by atoms with Gasteiger partial charge in [-0.15, -0.1) is 0 Å². The van der Waals surface area contributed by atoms with Crippen molar-refractivity contribution >= 4 is 33.7 Å². The highest BCUT2D eigenvalue weighted by molar-refractivity contribution is 7.89. The number of hydrogen-bond acceptors (Lipinski definition) is 7. The van der Waals surface area contributed by atoms with Gasteiger partial charge < -0.3 is 15.7 Å². The molecule has 0 aliphatic carbocycles. The highest BCUT2D eigenvalue weighted by Gasteiger charge is 2.25. The zero-order valence-electron chi connectivity index (χ0n) is 16.8. The van der Waals surface area contributed by atoms with Gasteiger partial charge in [-0.2, -0.15) is 4.31 Å². The number of aromatic hydroxyl groups is 1. The molecule has 4 rings (SSSR count). The molecule has 2 heterocycles. The Morgan fingerprint density at radius 3 is 2.45 bits per heavy atom. The second-order valence-electron chi connectivity index (χ2n) is 7.06. The predicted octanol–water partition coefficient (Wildman–Crippen LogP) is 2.69. The molecule has 0 spiro atoms. The van der Waals surface area contributed by atoms with Gasteiger partial charge in [-0.1, -0.05) is 18.2 Å². The van der Waals surface area contributed by atoms with Crippen molar-refractivity contribution in [2.75, 3.05) is 31.5 Å². The molecular weight excluding hydrogens is 414 g/mol. The van der Waals surface area contributed by atoms with Crippen LogP contribution in [0.3, 0.4) is 0 Å². The highest BCUT2D eigenvalue weighted by Crippen LogP contribution is 2.21. The summed E-state index contributed by atoms with van der Waals surface area (Å²) in [5.74, 6) is 0.756. The van der Waals surface area contributed by atoms with Gasteiger partial charge in [0.25, 0.3) is 0 Å². The van der Waals surface area contributed by atoms with Crippen molar-refractivity contribution in [1.82, 2.24) is 19.6 Å². The minimum Gasteiger partial charge on any atom is -0.508 e. The Morgan fingerprint density at radius 1 is 1.00 bits per heavy atom. The maximum absolute atomic E-state index is 12.7. The van der Waals surface area contributed by atoms with Crippen molar-refractivity contribution < 1.29 is 13.5 Å². The third kappa shape index (κ3) is 5.26. The van der Waals surface area contributed by atoms with Crippen molar-refractivity contribution in [3.05, 3.63) is 72.2 Å². The summed E-state index contributed by atoms with van der Waals surface area (Å²) in [6, 6.07) is 13.5. The number of nitrogens with one attached hydrogen (secondary N) is 2. The minimum absolute atomic E-state index is 0.208. The summed E-state index contributed by atoms with van der Waals surface area (Å²) < 4.78 is 26.9. The molecule has 1 aromatic heterocycles. The van der Waals surface area contributed by atoms with Crippen LogP contribution in [-0.4, -0.2) is 54.0 Å². The average Bonchev–Trinajstić information content (AvgIpc) is 2.80. The quantitative estimate of drug-likeness (QED) is 0.544. The highest BCUT2D eigenvalue weighted by atomic mass is 32.2. The molecular formula is C22H23N5O3S. The molecule has 9 heteroatoms. The van der Waals surface area contributed by atoms with E-state index in [1.54, 1.807) is 60.9 Å². The first-order chi connectivity index (χ1) is 15.0. The molecule has 1 fully saturated rings. The molecule has 1 aliphatic heterocycles. The first-order valence-electron chi connectivity index (χ1n) is 9.88. The van der Waals surface area contributed by atoms with E-state index in [1.165, 1.54) is 4.31 Å². The van der Waals surface area contributed by atoms with E-state index >= 15 is 0 Å². The summed E-state index contributed by atoms with van der Waals surface area (Å²) in [7, 11) is -3.47. The standard InChI is InChI=1S/C22H23N5O3S/c28-20-3-1-2-17(14-20)4-5-19-15-25-22(16-24-19)26-18-6-8-21(9-7-18)31(29,30)27-12-10-23-11-13-27/h1-9,14-16,23,28H,10-13H2,(H,25,26). The van der Waals surface area contributed by atoms with Crippen LogP contribution in [-0.2, 0) is 10.0 Å². The van der Waals surface area contributed by atoms with Crippen molar-refractivity contribution in [2.24, 2.45) is 0 Å². The van der Waals surface area contributed by atoms with E-state index in [-0.39, 0.29) is 10.6 Å². The zero-order valence-corrected chi connectivity index (χ0v) is 17.6. The molecule has 1 aliphatic rings. The van der Waals surface area contributed by atoms with Gasteiger partial charge in [0.1, 0.15) is 11.6 Å². The van der Waals surface area contributed by atoms with Gasteiger partial charge in [0.2, 0.25) is 10.0 Å². The molecule has 0 atom stereocenters. The lowest BCUT2D eigenvalue weighted by Crippen LogP contribution is -2.46. The number of phenols is 1. The third-order valence-electron chi connectivity index (χ3n) is 4.83. The number of sulfonamides is 1. The summed E-state index contributed by atoms with van der Waals surface area (Å²) >= 11 is 0. The lowest BCUT2D eigenvalue weighted by Gasteiger charge is -2.26. The molecule has 0 bridgehead atoms. The largest absolute Gasteiger partial charge is 0.508 e. The number of piperazine rings is 1. The van der Waals surface area contributed by atoms with Crippen molar-refractivity contribution in [2.45, 2.75) is 4.90 Å². The Balaban J connectivity index is 1.40. The summed E-state index contributed by atoms with van der Waals surface area (Å²) in [5.41, 5.74) is 2.25. The number of phenolic OH excluding ortho intramolecular Hbond substituents is 1. The minimum atomic E-state index is -3.47. The summed E-state index contributed by atoms with van der Waals surface area (Å²) in [6.07, 6.45) is 6.88. The Bertz CT molecular complexity index is 1160. The molecule has 0 saturated carbocycles. The summed E-state index contributed by atoms with van der Waals surface area (Å²) in [5, 5.41) is 15.8. The van der Waals surface area contributed by atoms with Crippen LogP contribution in [0.2, 0.25) is 0 Å². The summed E-state index contributed by atoms with van der Waals surface area (Å²) in [6.45, 7) is 2.28. The molecule has 3 N–H and O–H groups in total. The molecule has 1 saturated heterocycles. The molecule has 0 unspecified atom stereocenters. The van der Waals surface area contributed by atoms with Gasteiger partial charge in [-0.05, 0) is 48.0 Å². The van der Waals surface area contributed by atoms with E-state index < -0.39 is 10.0 Å². The van der Waals surface area contributed by atoms with Crippen LogP contribution < -0.4 is 10.6 Å². The molecule has 2 aromatic carbocycles. The van der Waals surface area contributed by atoms with Crippen molar-refractivity contribution in [1.29, 1.82) is 0 Å².